The lowest BCUT2D eigenvalue weighted by Crippen LogP contribution is -2.39. The number of benzene rings is 1. The number of rotatable bonds is 5. The molecule has 2 aromatic rings. The number of amides is 2. The molecule has 0 saturated carbocycles. The smallest absolute Gasteiger partial charge is 0.328 e. The Balaban J connectivity index is 2.28. The minimum absolute atomic E-state index is 0.0512. The largest absolute Gasteiger partial charge is 0.340 e. The molecule has 0 fully saturated rings. The molecule has 0 aliphatic carbocycles. The second-order valence-electron chi connectivity index (χ2n) is 4.45. The summed E-state index contributed by atoms with van der Waals surface area (Å²) in [6.07, 6.45) is 1.62. The molecule has 1 heterocycles. The van der Waals surface area contributed by atoms with E-state index < -0.39 is 16.1 Å². The lowest BCUT2D eigenvalue weighted by atomic mass is 10.3. The molecule has 2 rings (SSSR count). The van der Waals surface area contributed by atoms with E-state index in [-0.39, 0.29) is 4.90 Å². The molecule has 1 aromatic heterocycles. The van der Waals surface area contributed by atoms with Gasteiger partial charge in [-0.25, -0.2) is 22.9 Å². The summed E-state index contributed by atoms with van der Waals surface area (Å²) in [4.78, 5) is 15.5. The van der Waals surface area contributed by atoms with Gasteiger partial charge in [-0.15, -0.1) is 0 Å². The first-order valence-corrected chi connectivity index (χ1v) is 8.98. The lowest BCUT2D eigenvalue weighted by molar-refractivity contribution is 0.246. The summed E-state index contributed by atoms with van der Waals surface area (Å²) in [6.45, 7) is 2.02. The standard InChI is InChI=1S/C14H15BrN4O3S/c1-2-16-14(20)19-23(21,22)12-9-10(6-7-11(12)15)18-13-5-3-4-8-17-13/h3-9H,2H2,1H3,(H,17,18)(H2,16,19,20). The molecule has 0 atom stereocenters. The van der Waals surface area contributed by atoms with E-state index in [2.05, 4.69) is 31.5 Å². The van der Waals surface area contributed by atoms with Crippen LogP contribution >= 0.6 is 15.9 Å². The maximum Gasteiger partial charge on any atom is 0.328 e. The molecule has 9 heteroatoms. The molecule has 0 spiro atoms. The first-order valence-electron chi connectivity index (χ1n) is 6.70. The number of carbonyl (C=O) groups is 1. The molecule has 1 aromatic carbocycles. The zero-order valence-corrected chi connectivity index (χ0v) is 14.6. The third kappa shape index (κ3) is 4.67. The Labute approximate surface area is 142 Å². The zero-order valence-electron chi connectivity index (χ0n) is 12.2. The number of halogens is 1. The van der Waals surface area contributed by atoms with Crippen LogP contribution in [0.2, 0.25) is 0 Å². The molecule has 122 valence electrons. The Morgan fingerprint density at radius 2 is 2.04 bits per heavy atom. The van der Waals surface area contributed by atoms with E-state index in [9.17, 15) is 13.2 Å². The molecule has 0 aliphatic rings. The van der Waals surface area contributed by atoms with Crippen molar-refractivity contribution in [1.82, 2.24) is 15.0 Å². The fourth-order valence-corrected chi connectivity index (χ4v) is 3.66. The van der Waals surface area contributed by atoms with Gasteiger partial charge in [0.25, 0.3) is 10.0 Å². The molecule has 0 saturated heterocycles. The lowest BCUT2D eigenvalue weighted by Gasteiger charge is -2.11. The normalized spacial score (nSPS) is 10.9. The van der Waals surface area contributed by atoms with Gasteiger partial charge in [-0.05, 0) is 53.2 Å². The number of hydrogen-bond acceptors (Lipinski definition) is 5. The van der Waals surface area contributed by atoms with Crippen molar-refractivity contribution < 1.29 is 13.2 Å². The number of pyridine rings is 1. The number of anilines is 2. The highest BCUT2D eigenvalue weighted by atomic mass is 79.9. The monoisotopic (exact) mass is 398 g/mol. The maximum atomic E-state index is 12.3. The van der Waals surface area contributed by atoms with Crippen molar-refractivity contribution in [2.75, 3.05) is 11.9 Å². The van der Waals surface area contributed by atoms with E-state index in [4.69, 9.17) is 0 Å². The van der Waals surface area contributed by atoms with Gasteiger partial charge in [0.1, 0.15) is 10.7 Å². The van der Waals surface area contributed by atoms with Crippen molar-refractivity contribution in [3.8, 4) is 0 Å². The maximum absolute atomic E-state index is 12.3. The van der Waals surface area contributed by atoms with E-state index in [0.717, 1.165) is 0 Å². The van der Waals surface area contributed by atoms with Crippen LogP contribution in [-0.4, -0.2) is 26.0 Å². The molecule has 0 radical (unpaired) electrons. The number of nitrogens with zero attached hydrogens (tertiary/aromatic N) is 1. The van der Waals surface area contributed by atoms with Crippen molar-refractivity contribution in [3.63, 3.8) is 0 Å². The van der Waals surface area contributed by atoms with Crippen LogP contribution in [0.1, 0.15) is 6.92 Å². The number of hydrogen-bond donors (Lipinski definition) is 3. The molecule has 0 bridgehead atoms. The Morgan fingerprint density at radius 3 is 2.70 bits per heavy atom. The van der Waals surface area contributed by atoms with Crippen LogP contribution in [-0.2, 0) is 10.0 Å². The molecule has 2 amide bonds. The minimum Gasteiger partial charge on any atom is -0.340 e. The van der Waals surface area contributed by atoms with E-state index in [1.807, 2.05) is 10.8 Å². The summed E-state index contributed by atoms with van der Waals surface area (Å²) < 4.78 is 26.9. The van der Waals surface area contributed by atoms with Crippen LogP contribution in [0.3, 0.4) is 0 Å². The van der Waals surface area contributed by atoms with Gasteiger partial charge in [-0.2, -0.15) is 0 Å². The van der Waals surface area contributed by atoms with Gasteiger partial charge in [0.05, 0.1) is 0 Å². The van der Waals surface area contributed by atoms with Gasteiger partial charge >= 0.3 is 6.03 Å². The Kier molecular flexibility index (Phi) is 5.56. The van der Waals surface area contributed by atoms with Crippen LogP contribution < -0.4 is 15.4 Å². The van der Waals surface area contributed by atoms with E-state index in [1.165, 1.54) is 6.07 Å². The Bertz CT molecular complexity index is 797. The van der Waals surface area contributed by atoms with Crippen molar-refractivity contribution >= 4 is 43.5 Å². The molecule has 7 nitrogen and oxygen atoms in total. The second-order valence-corrected chi connectivity index (χ2v) is 6.96. The third-order valence-electron chi connectivity index (χ3n) is 2.72. The molecule has 0 aliphatic heterocycles. The third-order valence-corrected chi connectivity index (χ3v) is 5.05. The second kappa shape index (κ2) is 7.42. The summed E-state index contributed by atoms with van der Waals surface area (Å²) in [5.41, 5.74) is 0.531. The van der Waals surface area contributed by atoms with Crippen LogP contribution in [0.15, 0.2) is 52.0 Å². The van der Waals surface area contributed by atoms with Gasteiger partial charge in [0, 0.05) is 22.9 Å². The summed E-state index contributed by atoms with van der Waals surface area (Å²) in [6, 6.07) is 9.26. The number of aromatic nitrogens is 1. The van der Waals surface area contributed by atoms with Gasteiger partial charge in [0.15, 0.2) is 0 Å². The highest BCUT2D eigenvalue weighted by molar-refractivity contribution is 9.10. The van der Waals surface area contributed by atoms with Crippen LogP contribution in [0.5, 0.6) is 0 Å². The highest BCUT2D eigenvalue weighted by Gasteiger charge is 2.20. The van der Waals surface area contributed by atoms with Gasteiger partial charge in [-0.3, -0.25) is 0 Å². The average Bonchev–Trinajstić information content (AvgIpc) is 2.50. The first kappa shape index (κ1) is 17.2. The number of sulfonamides is 1. The predicted octanol–water partition coefficient (Wildman–Crippen LogP) is 2.60. The fraction of sp³-hybridized carbons (Fsp3) is 0.143. The van der Waals surface area contributed by atoms with Crippen molar-refractivity contribution in [2.24, 2.45) is 0 Å². The Hall–Kier alpha value is -2.13. The van der Waals surface area contributed by atoms with Crippen LogP contribution in [0, 0.1) is 0 Å². The van der Waals surface area contributed by atoms with Gasteiger partial charge < -0.3 is 10.6 Å². The number of carbonyl (C=O) groups excluding carboxylic acids is 1. The van der Waals surface area contributed by atoms with Crippen molar-refractivity contribution in [3.05, 3.63) is 47.1 Å². The summed E-state index contributed by atoms with van der Waals surface area (Å²) >= 11 is 3.19. The zero-order chi connectivity index (χ0) is 16.9. The molecule has 23 heavy (non-hydrogen) atoms. The summed E-state index contributed by atoms with van der Waals surface area (Å²) in [5.74, 6) is 0.579. The quantitative estimate of drug-likeness (QED) is 0.718. The number of urea groups is 1. The van der Waals surface area contributed by atoms with Gasteiger partial charge in [-0.1, -0.05) is 6.07 Å². The Morgan fingerprint density at radius 1 is 1.26 bits per heavy atom. The molecule has 3 N–H and O–H groups in total. The highest BCUT2D eigenvalue weighted by Crippen LogP contribution is 2.26. The molecular formula is C14H15BrN4O3S. The summed E-state index contributed by atoms with van der Waals surface area (Å²) in [5, 5.41) is 5.37. The van der Waals surface area contributed by atoms with Crippen molar-refractivity contribution in [1.29, 1.82) is 0 Å². The van der Waals surface area contributed by atoms with Crippen molar-refractivity contribution in [2.45, 2.75) is 11.8 Å². The van der Waals surface area contributed by atoms with E-state index in [1.54, 1.807) is 37.4 Å². The summed E-state index contributed by atoms with van der Waals surface area (Å²) in [7, 11) is -4.00. The average molecular weight is 399 g/mol. The minimum atomic E-state index is -4.00. The first-order chi connectivity index (χ1) is 10.9. The SMILES string of the molecule is CCNC(=O)NS(=O)(=O)c1cc(Nc2ccccn2)ccc1Br. The van der Waals surface area contributed by atoms with Crippen LogP contribution in [0.4, 0.5) is 16.3 Å². The predicted molar refractivity (Wildman–Crippen MR) is 91.1 cm³/mol. The molecular weight excluding hydrogens is 384 g/mol. The van der Waals surface area contributed by atoms with Gasteiger partial charge in [0.2, 0.25) is 0 Å². The topological polar surface area (TPSA) is 100 Å². The fourth-order valence-electron chi connectivity index (χ4n) is 1.75. The van der Waals surface area contributed by atoms with E-state index in [0.29, 0.717) is 22.5 Å². The number of nitrogens with one attached hydrogen (secondary N) is 3. The van der Waals surface area contributed by atoms with E-state index >= 15 is 0 Å². The molecule has 0 unspecified atom stereocenters. The van der Waals surface area contributed by atoms with Crippen LogP contribution in [0.25, 0.3) is 0 Å².